The molecule has 0 spiro atoms. The fourth-order valence-electron chi connectivity index (χ4n) is 3.08. The van der Waals surface area contributed by atoms with E-state index in [1.807, 2.05) is 36.4 Å². The van der Waals surface area contributed by atoms with Crippen LogP contribution in [-0.2, 0) is 4.79 Å². The number of thioether (sulfide) groups is 1. The first kappa shape index (κ1) is 16.1. The molecular weight excluding hydrogens is 302 g/mol. The average molecular weight is 325 g/mol. The largest absolute Gasteiger partial charge is 0.341 e. The Morgan fingerprint density at radius 3 is 2.39 bits per heavy atom. The van der Waals surface area contributed by atoms with Crippen LogP contribution in [0.15, 0.2) is 65.6 Å². The lowest BCUT2D eigenvalue weighted by molar-refractivity contribution is -0.132. The topological polar surface area (TPSA) is 20.3 Å². The molecule has 0 N–H and O–H groups in total. The molecule has 1 aliphatic rings. The zero-order chi connectivity index (χ0) is 16.1. The number of carbonyl (C=O) groups is 1. The molecule has 0 radical (unpaired) electrons. The van der Waals surface area contributed by atoms with Gasteiger partial charge in [0.2, 0.25) is 5.91 Å². The van der Waals surface area contributed by atoms with Crippen molar-refractivity contribution in [1.29, 1.82) is 0 Å². The first-order chi connectivity index (χ1) is 11.2. The minimum atomic E-state index is -0.163. The van der Waals surface area contributed by atoms with Crippen molar-refractivity contribution in [2.24, 2.45) is 5.92 Å². The number of likely N-dealkylation sites (tertiary alicyclic amines) is 1. The predicted octanol–water partition coefficient (Wildman–Crippen LogP) is 4.78. The number of piperidine rings is 1. The standard InChI is InChI=1S/C20H23NOS/c1-16-9-8-14-21(15-16)20(22)19(17-10-4-2-5-11-17)23-18-12-6-3-7-13-18/h2-7,10-13,16,19H,8-9,14-15H2,1H3. The van der Waals surface area contributed by atoms with E-state index in [9.17, 15) is 4.79 Å². The molecule has 1 heterocycles. The van der Waals surface area contributed by atoms with Gasteiger partial charge >= 0.3 is 0 Å². The zero-order valence-corrected chi connectivity index (χ0v) is 14.3. The van der Waals surface area contributed by atoms with Gasteiger partial charge < -0.3 is 4.90 Å². The van der Waals surface area contributed by atoms with E-state index in [0.717, 1.165) is 30.0 Å². The second kappa shape index (κ2) is 7.69. The lowest BCUT2D eigenvalue weighted by Gasteiger charge is -2.33. The van der Waals surface area contributed by atoms with Gasteiger partial charge in [0.05, 0.1) is 0 Å². The Morgan fingerprint density at radius 1 is 1.09 bits per heavy atom. The van der Waals surface area contributed by atoms with Crippen LogP contribution in [0.25, 0.3) is 0 Å². The van der Waals surface area contributed by atoms with Crippen molar-refractivity contribution in [3.05, 3.63) is 66.2 Å². The van der Waals surface area contributed by atoms with Gasteiger partial charge in [-0.2, -0.15) is 0 Å². The van der Waals surface area contributed by atoms with Crippen LogP contribution in [0.1, 0.15) is 30.6 Å². The molecule has 2 nitrogen and oxygen atoms in total. The van der Waals surface area contributed by atoms with E-state index >= 15 is 0 Å². The van der Waals surface area contributed by atoms with Crippen molar-refractivity contribution in [2.45, 2.75) is 29.9 Å². The Labute approximate surface area is 142 Å². The summed E-state index contributed by atoms with van der Waals surface area (Å²) in [5.74, 6) is 0.849. The number of rotatable bonds is 4. The molecular formula is C20H23NOS. The highest BCUT2D eigenvalue weighted by Crippen LogP contribution is 2.37. The van der Waals surface area contributed by atoms with E-state index in [2.05, 4.69) is 36.1 Å². The maximum atomic E-state index is 13.2. The van der Waals surface area contributed by atoms with Crippen molar-refractivity contribution in [3.63, 3.8) is 0 Å². The maximum absolute atomic E-state index is 13.2. The van der Waals surface area contributed by atoms with Crippen LogP contribution < -0.4 is 0 Å². The molecule has 1 saturated heterocycles. The first-order valence-electron chi connectivity index (χ1n) is 8.29. The minimum Gasteiger partial charge on any atom is -0.341 e. The highest BCUT2D eigenvalue weighted by Gasteiger charge is 2.29. The summed E-state index contributed by atoms with van der Waals surface area (Å²) in [4.78, 5) is 16.3. The Bertz CT molecular complexity index is 629. The molecule has 1 aliphatic heterocycles. The summed E-state index contributed by atoms with van der Waals surface area (Å²) in [5.41, 5.74) is 1.09. The predicted molar refractivity (Wildman–Crippen MR) is 96.5 cm³/mol. The quantitative estimate of drug-likeness (QED) is 0.754. The Kier molecular flexibility index (Phi) is 5.39. The SMILES string of the molecule is CC1CCCN(C(=O)C(Sc2ccccc2)c2ccccc2)C1. The third kappa shape index (κ3) is 4.17. The van der Waals surface area contributed by atoms with Crippen LogP contribution in [0.4, 0.5) is 0 Å². The van der Waals surface area contributed by atoms with Crippen LogP contribution in [0.5, 0.6) is 0 Å². The molecule has 2 aromatic carbocycles. The highest BCUT2D eigenvalue weighted by molar-refractivity contribution is 8.00. The van der Waals surface area contributed by atoms with Crippen LogP contribution in [0.3, 0.4) is 0 Å². The first-order valence-corrected chi connectivity index (χ1v) is 9.17. The van der Waals surface area contributed by atoms with E-state index in [1.165, 1.54) is 6.42 Å². The van der Waals surface area contributed by atoms with Gasteiger partial charge in [0.15, 0.2) is 0 Å². The van der Waals surface area contributed by atoms with Gasteiger partial charge in [0.1, 0.15) is 5.25 Å². The summed E-state index contributed by atoms with van der Waals surface area (Å²) >= 11 is 1.65. The van der Waals surface area contributed by atoms with E-state index < -0.39 is 0 Å². The number of hydrogen-bond acceptors (Lipinski definition) is 2. The molecule has 0 saturated carbocycles. The fraction of sp³-hybridized carbons (Fsp3) is 0.350. The number of nitrogens with zero attached hydrogens (tertiary/aromatic N) is 1. The van der Waals surface area contributed by atoms with E-state index in [0.29, 0.717) is 5.92 Å². The van der Waals surface area contributed by atoms with E-state index in [-0.39, 0.29) is 11.2 Å². The lowest BCUT2D eigenvalue weighted by Crippen LogP contribution is -2.41. The number of benzene rings is 2. The lowest BCUT2D eigenvalue weighted by atomic mass is 9.99. The summed E-state index contributed by atoms with van der Waals surface area (Å²) in [7, 11) is 0. The molecule has 0 aromatic heterocycles. The molecule has 1 amide bonds. The molecule has 120 valence electrons. The minimum absolute atomic E-state index is 0.163. The maximum Gasteiger partial charge on any atom is 0.240 e. The average Bonchev–Trinajstić information content (AvgIpc) is 2.61. The zero-order valence-electron chi connectivity index (χ0n) is 13.5. The monoisotopic (exact) mass is 325 g/mol. The second-order valence-electron chi connectivity index (χ2n) is 6.25. The van der Waals surface area contributed by atoms with Crippen molar-refractivity contribution in [3.8, 4) is 0 Å². The van der Waals surface area contributed by atoms with E-state index in [4.69, 9.17) is 0 Å². The van der Waals surface area contributed by atoms with Crippen molar-refractivity contribution < 1.29 is 4.79 Å². The van der Waals surface area contributed by atoms with Gasteiger partial charge in [-0.3, -0.25) is 4.79 Å². The van der Waals surface area contributed by atoms with Crippen molar-refractivity contribution in [1.82, 2.24) is 4.90 Å². The van der Waals surface area contributed by atoms with E-state index in [1.54, 1.807) is 11.8 Å². The molecule has 23 heavy (non-hydrogen) atoms. The molecule has 2 unspecified atom stereocenters. The third-order valence-corrected chi connectivity index (χ3v) is 5.55. The third-order valence-electron chi connectivity index (χ3n) is 4.29. The van der Waals surface area contributed by atoms with Gasteiger partial charge in [-0.25, -0.2) is 0 Å². The van der Waals surface area contributed by atoms with Crippen molar-refractivity contribution >= 4 is 17.7 Å². The molecule has 3 rings (SSSR count). The summed E-state index contributed by atoms with van der Waals surface area (Å²) < 4.78 is 0. The highest BCUT2D eigenvalue weighted by atomic mass is 32.2. The molecule has 1 fully saturated rings. The van der Waals surface area contributed by atoms with Gasteiger partial charge in [0, 0.05) is 18.0 Å². The second-order valence-corrected chi connectivity index (χ2v) is 7.43. The molecule has 2 aromatic rings. The van der Waals surface area contributed by atoms with Gasteiger partial charge in [-0.15, -0.1) is 11.8 Å². The normalized spacial score (nSPS) is 19.3. The van der Waals surface area contributed by atoms with Crippen LogP contribution in [0, 0.1) is 5.92 Å². The Balaban J connectivity index is 1.84. The van der Waals surface area contributed by atoms with Crippen LogP contribution in [-0.4, -0.2) is 23.9 Å². The summed E-state index contributed by atoms with van der Waals surface area (Å²) in [6.45, 7) is 4.01. The van der Waals surface area contributed by atoms with Crippen LogP contribution >= 0.6 is 11.8 Å². The molecule has 3 heteroatoms. The number of carbonyl (C=O) groups excluding carboxylic acids is 1. The molecule has 0 aliphatic carbocycles. The number of amides is 1. The summed E-state index contributed by atoms with van der Waals surface area (Å²) in [5, 5.41) is -0.163. The molecule has 0 bridgehead atoms. The Hall–Kier alpha value is -1.74. The van der Waals surface area contributed by atoms with Crippen molar-refractivity contribution in [2.75, 3.05) is 13.1 Å². The smallest absolute Gasteiger partial charge is 0.240 e. The van der Waals surface area contributed by atoms with Gasteiger partial charge in [-0.05, 0) is 36.5 Å². The fourth-order valence-corrected chi connectivity index (χ4v) is 4.21. The molecule has 2 atom stereocenters. The van der Waals surface area contributed by atoms with Gasteiger partial charge in [-0.1, -0.05) is 55.5 Å². The van der Waals surface area contributed by atoms with Crippen LogP contribution in [0.2, 0.25) is 0 Å². The summed E-state index contributed by atoms with van der Waals surface area (Å²) in [6, 6.07) is 20.4. The Morgan fingerprint density at radius 2 is 1.74 bits per heavy atom. The number of hydrogen-bond donors (Lipinski definition) is 0. The summed E-state index contributed by atoms with van der Waals surface area (Å²) in [6.07, 6.45) is 2.34. The van der Waals surface area contributed by atoms with Gasteiger partial charge in [0.25, 0.3) is 0 Å².